The maximum absolute atomic E-state index is 5.67. The molecule has 0 saturated heterocycles. The van der Waals surface area contributed by atoms with Crippen LogP contribution < -0.4 is 0 Å². The first-order chi connectivity index (χ1) is 4.72. The maximum atomic E-state index is 5.67. The van der Waals surface area contributed by atoms with Crippen LogP contribution >= 0.6 is 34.2 Å². The van der Waals surface area contributed by atoms with Gasteiger partial charge >= 0.3 is 0 Å². The average molecular weight is 268 g/mol. The highest BCUT2D eigenvalue weighted by atomic mass is 127. The van der Waals surface area contributed by atoms with Gasteiger partial charge in [-0.05, 0) is 12.5 Å². The quantitative estimate of drug-likeness (QED) is 0.444. The fourth-order valence-electron chi connectivity index (χ4n) is 0.615. The summed E-state index contributed by atoms with van der Waals surface area (Å²) in [5.74, 6) is 0. The molecular weight excluding hydrogens is 262 g/mol. The molecule has 0 atom stereocenters. The first-order valence-electron chi connectivity index (χ1n) is 2.91. The lowest BCUT2D eigenvalue weighted by Gasteiger charge is -1.95. The van der Waals surface area contributed by atoms with Crippen molar-refractivity contribution in [2.45, 2.75) is 13.3 Å². The van der Waals surface area contributed by atoms with Gasteiger partial charge in [0.15, 0.2) is 3.83 Å². The molecule has 0 bridgehead atoms. The van der Waals surface area contributed by atoms with Crippen LogP contribution in [0.2, 0.25) is 5.15 Å². The minimum atomic E-state index is 0.524. The first kappa shape index (κ1) is 8.20. The summed E-state index contributed by atoms with van der Waals surface area (Å²) in [6, 6.07) is 1.78. The molecule has 0 spiro atoms. The molecular formula is C6H6ClIN2. The number of aryl methyl sites for hydroxylation is 1. The van der Waals surface area contributed by atoms with Crippen LogP contribution in [0.3, 0.4) is 0 Å². The summed E-state index contributed by atoms with van der Waals surface area (Å²) in [5, 5.41) is 0.524. The van der Waals surface area contributed by atoms with Crippen molar-refractivity contribution in [3.63, 3.8) is 0 Å². The minimum Gasteiger partial charge on any atom is -0.228 e. The highest BCUT2D eigenvalue weighted by Gasteiger charge is 1.96. The van der Waals surface area contributed by atoms with Gasteiger partial charge in [0.05, 0.1) is 0 Å². The van der Waals surface area contributed by atoms with Crippen LogP contribution in [0, 0.1) is 3.83 Å². The molecule has 1 heterocycles. The fourth-order valence-corrected chi connectivity index (χ4v) is 1.53. The Morgan fingerprint density at radius 3 is 2.80 bits per heavy atom. The molecule has 0 unspecified atom stereocenters. The lowest BCUT2D eigenvalue weighted by atomic mass is 10.3. The van der Waals surface area contributed by atoms with Crippen LogP contribution in [0.5, 0.6) is 0 Å². The normalized spacial score (nSPS) is 9.90. The average Bonchev–Trinajstić information content (AvgIpc) is 1.85. The molecule has 1 aromatic heterocycles. The van der Waals surface area contributed by atoms with Gasteiger partial charge in [-0.3, -0.25) is 0 Å². The minimum absolute atomic E-state index is 0.524. The molecule has 0 aliphatic rings. The zero-order valence-electron chi connectivity index (χ0n) is 5.43. The van der Waals surface area contributed by atoms with Gasteiger partial charge in [0.2, 0.25) is 0 Å². The SMILES string of the molecule is CCc1cc(Cl)nc(I)n1. The zero-order valence-corrected chi connectivity index (χ0v) is 8.35. The van der Waals surface area contributed by atoms with Gasteiger partial charge < -0.3 is 0 Å². The van der Waals surface area contributed by atoms with E-state index >= 15 is 0 Å². The highest BCUT2D eigenvalue weighted by Crippen LogP contribution is 2.08. The largest absolute Gasteiger partial charge is 0.228 e. The van der Waals surface area contributed by atoms with Gasteiger partial charge in [0, 0.05) is 28.3 Å². The fraction of sp³-hybridized carbons (Fsp3) is 0.333. The predicted octanol–water partition coefficient (Wildman–Crippen LogP) is 2.30. The third kappa shape index (κ3) is 2.05. The molecule has 10 heavy (non-hydrogen) atoms. The van der Waals surface area contributed by atoms with Gasteiger partial charge in [0.25, 0.3) is 0 Å². The van der Waals surface area contributed by atoms with E-state index in [1.54, 1.807) is 6.07 Å². The van der Waals surface area contributed by atoms with E-state index in [1.165, 1.54) is 0 Å². The Morgan fingerprint density at radius 1 is 1.60 bits per heavy atom. The van der Waals surface area contributed by atoms with E-state index in [-0.39, 0.29) is 0 Å². The number of rotatable bonds is 1. The first-order valence-corrected chi connectivity index (χ1v) is 4.37. The summed E-state index contributed by atoms with van der Waals surface area (Å²) in [7, 11) is 0. The Morgan fingerprint density at radius 2 is 2.30 bits per heavy atom. The van der Waals surface area contributed by atoms with Gasteiger partial charge in [-0.25, -0.2) is 9.97 Å². The lowest BCUT2D eigenvalue weighted by molar-refractivity contribution is 0.971. The molecule has 54 valence electrons. The number of halogens is 2. The van der Waals surface area contributed by atoms with Gasteiger partial charge in [0.1, 0.15) is 5.15 Å². The van der Waals surface area contributed by atoms with Gasteiger partial charge in [-0.1, -0.05) is 18.5 Å². The highest BCUT2D eigenvalue weighted by molar-refractivity contribution is 14.1. The second-order valence-electron chi connectivity index (χ2n) is 1.80. The standard InChI is InChI=1S/C6H6ClIN2/c1-2-4-3-5(7)10-6(8)9-4/h3H,2H2,1H3. The van der Waals surface area contributed by atoms with E-state index in [0.29, 0.717) is 8.98 Å². The van der Waals surface area contributed by atoms with E-state index in [4.69, 9.17) is 11.6 Å². The van der Waals surface area contributed by atoms with Crippen molar-refractivity contribution < 1.29 is 0 Å². The van der Waals surface area contributed by atoms with Crippen molar-refractivity contribution in [1.29, 1.82) is 0 Å². The van der Waals surface area contributed by atoms with Crippen LogP contribution in [0.1, 0.15) is 12.6 Å². The van der Waals surface area contributed by atoms with Crippen LogP contribution in [0.25, 0.3) is 0 Å². The van der Waals surface area contributed by atoms with E-state index < -0.39 is 0 Å². The molecule has 0 N–H and O–H groups in total. The molecule has 0 saturated carbocycles. The topological polar surface area (TPSA) is 25.8 Å². The van der Waals surface area contributed by atoms with E-state index in [2.05, 4.69) is 9.97 Å². The Hall–Kier alpha value is 0.1000. The van der Waals surface area contributed by atoms with Crippen LogP contribution in [-0.2, 0) is 6.42 Å². The Bertz CT molecular complexity index is 219. The van der Waals surface area contributed by atoms with Crippen molar-refractivity contribution in [3.05, 3.63) is 20.7 Å². The third-order valence-corrected chi connectivity index (χ3v) is 1.76. The summed E-state index contributed by atoms with van der Waals surface area (Å²) < 4.78 is 0.710. The number of hydrogen-bond acceptors (Lipinski definition) is 2. The van der Waals surface area contributed by atoms with Crippen LogP contribution in [0.15, 0.2) is 6.07 Å². The Balaban J connectivity index is 3.06. The molecule has 1 rings (SSSR count). The summed E-state index contributed by atoms with van der Waals surface area (Å²) >= 11 is 7.72. The third-order valence-electron chi connectivity index (χ3n) is 1.08. The smallest absolute Gasteiger partial charge is 0.192 e. The summed E-state index contributed by atoms with van der Waals surface area (Å²) in [6.07, 6.45) is 0.901. The number of nitrogens with zero attached hydrogens (tertiary/aromatic N) is 2. The van der Waals surface area contributed by atoms with Crippen LogP contribution in [0.4, 0.5) is 0 Å². The van der Waals surface area contributed by atoms with E-state index in [0.717, 1.165) is 12.1 Å². The number of aromatic nitrogens is 2. The van der Waals surface area contributed by atoms with Crippen molar-refractivity contribution >= 4 is 34.2 Å². The number of hydrogen-bond donors (Lipinski definition) is 0. The molecule has 1 aromatic rings. The molecule has 4 heteroatoms. The van der Waals surface area contributed by atoms with Gasteiger partial charge in [-0.15, -0.1) is 0 Å². The van der Waals surface area contributed by atoms with Crippen molar-refractivity contribution in [2.75, 3.05) is 0 Å². The van der Waals surface area contributed by atoms with E-state index in [9.17, 15) is 0 Å². The second-order valence-corrected chi connectivity index (χ2v) is 3.16. The monoisotopic (exact) mass is 268 g/mol. The molecule has 2 nitrogen and oxygen atoms in total. The molecule has 0 radical (unpaired) electrons. The van der Waals surface area contributed by atoms with E-state index in [1.807, 2.05) is 29.5 Å². The maximum Gasteiger partial charge on any atom is 0.192 e. The summed E-state index contributed by atoms with van der Waals surface area (Å²) in [5.41, 5.74) is 0.990. The molecule has 0 amide bonds. The van der Waals surface area contributed by atoms with Crippen molar-refractivity contribution in [1.82, 2.24) is 9.97 Å². The molecule has 0 aliphatic heterocycles. The molecule has 0 aliphatic carbocycles. The van der Waals surface area contributed by atoms with Crippen molar-refractivity contribution in [2.24, 2.45) is 0 Å². The van der Waals surface area contributed by atoms with Crippen LogP contribution in [-0.4, -0.2) is 9.97 Å². The summed E-state index contributed by atoms with van der Waals surface area (Å²) in [6.45, 7) is 2.04. The second kappa shape index (κ2) is 3.48. The zero-order chi connectivity index (χ0) is 7.56. The van der Waals surface area contributed by atoms with Crippen molar-refractivity contribution in [3.8, 4) is 0 Å². The molecule has 0 fully saturated rings. The predicted molar refractivity (Wildman–Crippen MR) is 49.1 cm³/mol. The van der Waals surface area contributed by atoms with Gasteiger partial charge in [-0.2, -0.15) is 0 Å². The Kier molecular flexibility index (Phi) is 2.85. The summed E-state index contributed by atoms with van der Waals surface area (Å²) in [4.78, 5) is 8.07. The molecule has 0 aromatic carbocycles. The lowest BCUT2D eigenvalue weighted by Crippen LogP contribution is -1.93. The Labute approximate surface area is 78.2 Å².